The Morgan fingerprint density at radius 1 is 1.47 bits per heavy atom. The number of aryl methyl sites for hydroxylation is 1. The third kappa shape index (κ3) is 3.47. The van der Waals surface area contributed by atoms with E-state index in [4.69, 9.17) is 16.7 Å². The van der Waals surface area contributed by atoms with Gasteiger partial charge in [0.1, 0.15) is 0 Å². The van der Waals surface area contributed by atoms with Gasteiger partial charge >= 0.3 is 5.97 Å². The Morgan fingerprint density at radius 3 is 2.42 bits per heavy atom. The molecule has 0 bridgehead atoms. The van der Waals surface area contributed by atoms with Crippen LogP contribution < -0.4 is 0 Å². The van der Waals surface area contributed by atoms with Gasteiger partial charge in [0.2, 0.25) is 0 Å². The predicted octanol–water partition coefficient (Wildman–Crippen LogP) is 1.71. The van der Waals surface area contributed by atoms with Gasteiger partial charge in [0.05, 0.1) is 17.1 Å². The van der Waals surface area contributed by atoms with E-state index in [2.05, 4.69) is 5.10 Å². The Hall–Kier alpha value is -1.56. The molecular weight excluding hydrogens is 270 g/mol. The summed E-state index contributed by atoms with van der Waals surface area (Å²) in [6.45, 7) is 5.55. The molecule has 1 N–H and O–H groups in total. The van der Waals surface area contributed by atoms with Crippen molar-refractivity contribution in [3.05, 3.63) is 16.4 Å². The zero-order valence-electron chi connectivity index (χ0n) is 11.5. The first kappa shape index (κ1) is 15.5. The average Bonchev–Trinajstić information content (AvgIpc) is 2.56. The lowest BCUT2D eigenvalue weighted by Gasteiger charge is -2.25. The molecule has 1 aromatic heterocycles. The number of nitrogens with zero attached hydrogens (tertiary/aromatic N) is 3. The first-order valence-electron chi connectivity index (χ1n) is 5.97. The molecule has 0 aromatic carbocycles. The lowest BCUT2D eigenvalue weighted by Crippen LogP contribution is -2.38. The minimum atomic E-state index is -0.943. The monoisotopic (exact) mass is 287 g/mol. The van der Waals surface area contributed by atoms with Gasteiger partial charge in [0.15, 0.2) is 5.69 Å². The third-order valence-corrected chi connectivity index (χ3v) is 3.37. The van der Waals surface area contributed by atoms with Crippen LogP contribution in [0.5, 0.6) is 0 Å². The number of carbonyl (C=O) groups is 2. The Morgan fingerprint density at radius 2 is 2.05 bits per heavy atom. The summed E-state index contributed by atoms with van der Waals surface area (Å²) in [5.41, 5.74) is 0.868. The molecule has 1 heterocycles. The number of halogens is 1. The molecule has 0 atom stereocenters. The van der Waals surface area contributed by atoms with Gasteiger partial charge in [-0.05, 0) is 20.8 Å². The second kappa shape index (κ2) is 6.06. The van der Waals surface area contributed by atoms with Crippen molar-refractivity contribution >= 4 is 23.5 Å². The maximum absolute atomic E-state index is 12.4. The smallest absolute Gasteiger partial charge is 0.305 e. The van der Waals surface area contributed by atoms with E-state index in [0.717, 1.165) is 0 Å². The van der Waals surface area contributed by atoms with E-state index < -0.39 is 5.97 Å². The standard InChI is InChI=1S/C12H18ClN3O3/c1-7(2)16(6-5-9(17)18)12(19)11-10(13)8(3)15(4)14-11/h7H,5-6H2,1-4H3,(H,17,18). The van der Waals surface area contributed by atoms with Gasteiger partial charge in [-0.3, -0.25) is 14.3 Å². The lowest BCUT2D eigenvalue weighted by molar-refractivity contribution is -0.137. The molecule has 106 valence electrons. The fraction of sp³-hybridized carbons (Fsp3) is 0.583. The number of carbonyl (C=O) groups excluding carboxylic acids is 1. The van der Waals surface area contributed by atoms with Crippen molar-refractivity contribution in [3.8, 4) is 0 Å². The van der Waals surface area contributed by atoms with E-state index in [1.165, 1.54) is 9.58 Å². The Labute approximate surface area is 117 Å². The summed E-state index contributed by atoms with van der Waals surface area (Å²) in [4.78, 5) is 24.4. The molecule has 1 rings (SSSR count). The van der Waals surface area contributed by atoms with Gasteiger partial charge in [-0.25, -0.2) is 0 Å². The molecule has 0 aliphatic rings. The van der Waals surface area contributed by atoms with Crippen LogP contribution in [-0.4, -0.2) is 44.3 Å². The summed E-state index contributed by atoms with van der Waals surface area (Å²) in [5.74, 6) is -1.29. The molecule has 0 spiro atoms. The summed E-state index contributed by atoms with van der Waals surface area (Å²) >= 11 is 6.07. The van der Waals surface area contributed by atoms with Crippen molar-refractivity contribution in [2.45, 2.75) is 33.2 Å². The minimum absolute atomic E-state index is 0.104. The second-order valence-corrected chi connectivity index (χ2v) is 4.99. The molecule has 0 aliphatic heterocycles. The van der Waals surface area contributed by atoms with Crippen molar-refractivity contribution < 1.29 is 14.7 Å². The molecular formula is C12H18ClN3O3. The van der Waals surface area contributed by atoms with E-state index in [1.54, 1.807) is 14.0 Å². The maximum atomic E-state index is 12.4. The topological polar surface area (TPSA) is 75.4 Å². The number of aromatic nitrogens is 2. The number of hydrogen-bond acceptors (Lipinski definition) is 3. The zero-order chi connectivity index (χ0) is 14.7. The van der Waals surface area contributed by atoms with Crippen LogP contribution in [0, 0.1) is 6.92 Å². The van der Waals surface area contributed by atoms with E-state index >= 15 is 0 Å². The normalized spacial score (nSPS) is 10.8. The molecule has 19 heavy (non-hydrogen) atoms. The van der Waals surface area contributed by atoms with Gasteiger partial charge in [0.25, 0.3) is 5.91 Å². The van der Waals surface area contributed by atoms with Crippen LogP contribution in [0.25, 0.3) is 0 Å². The van der Waals surface area contributed by atoms with Crippen LogP contribution in [0.4, 0.5) is 0 Å². The van der Waals surface area contributed by atoms with Gasteiger partial charge in [-0.2, -0.15) is 5.10 Å². The van der Waals surface area contributed by atoms with Crippen molar-refractivity contribution in [3.63, 3.8) is 0 Å². The largest absolute Gasteiger partial charge is 0.481 e. The highest BCUT2D eigenvalue weighted by Crippen LogP contribution is 2.21. The number of hydrogen-bond donors (Lipinski definition) is 1. The van der Waals surface area contributed by atoms with Crippen molar-refractivity contribution in [1.82, 2.24) is 14.7 Å². The molecule has 1 amide bonds. The van der Waals surface area contributed by atoms with E-state index in [1.807, 2.05) is 13.8 Å². The Bertz CT molecular complexity index is 497. The third-order valence-electron chi connectivity index (χ3n) is 2.91. The van der Waals surface area contributed by atoms with E-state index in [-0.39, 0.29) is 30.6 Å². The summed E-state index contributed by atoms with van der Waals surface area (Å²) in [6, 6.07) is -0.120. The fourth-order valence-corrected chi connectivity index (χ4v) is 1.91. The highest BCUT2D eigenvalue weighted by molar-refractivity contribution is 6.34. The van der Waals surface area contributed by atoms with Crippen molar-refractivity contribution in [1.29, 1.82) is 0 Å². The van der Waals surface area contributed by atoms with Gasteiger partial charge in [0, 0.05) is 19.6 Å². The van der Waals surface area contributed by atoms with Crippen molar-refractivity contribution in [2.75, 3.05) is 6.54 Å². The number of amides is 1. The number of carboxylic acid groups (broad SMARTS) is 1. The first-order valence-corrected chi connectivity index (χ1v) is 6.35. The molecule has 7 heteroatoms. The Balaban J connectivity index is 2.99. The minimum Gasteiger partial charge on any atom is -0.481 e. The zero-order valence-corrected chi connectivity index (χ0v) is 12.2. The molecule has 0 aliphatic carbocycles. The highest BCUT2D eigenvalue weighted by atomic mass is 35.5. The molecule has 0 saturated carbocycles. The molecule has 1 aromatic rings. The quantitative estimate of drug-likeness (QED) is 0.894. The molecule has 0 unspecified atom stereocenters. The summed E-state index contributed by atoms with van der Waals surface area (Å²) in [6.07, 6.45) is -0.104. The summed E-state index contributed by atoms with van der Waals surface area (Å²) in [5, 5.41) is 13.1. The first-order chi connectivity index (χ1) is 8.75. The number of carboxylic acids is 1. The number of rotatable bonds is 5. The molecule has 0 radical (unpaired) electrons. The van der Waals surface area contributed by atoms with Gasteiger partial charge in [-0.1, -0.05) is 11.6 Å². The predicted molar refractivity (Wildman–Crippen MR) is 71.4 cm³/mol. The molecule has 6 nitrogen and oxygen atoms in total. The fourth-order valence-electron chi connectivity index (χ4n) is 1.67. The van der Waals surface area contributed by atoms with Crippen LogP contribution in [0.1, 0.15) is 36.5 Å². The molecule has 0 fully saturated rings. The van der Waals surface area contributed by atoms with Crippen molar-refractivity contribution in [2.24, 2.45) is 7.05 Å². The average molecular weight is 288 g/mol. The molecule has 0 saturated heterocycles. The van der Waals surface area contributed by atoms with E-state index in [0.29, 0.717) is 10.7 Å². The summed E-state index contributed by atoms with van der Waals surface area (Å²) < 4.78 is 1.53. The van der Waals surface area contributed by atoms with Gasteiger partial charge in [-0.15, -0.1) is 0 Å². The van der Waals surface area contributed by atoms with Crippen LogP contribution in [0.15, 0.2) is 0 Å². The SMILES string of the molecule is Cc1c(Cl)c(C(=O)N(CCC(=O)O)C(C)C)nn1C. The van der Waals surface area contributed by atoms with Crippen LogP contribution >= 0.6 is 11.6 Å². The van der Waals surface area contributed by atoms with E-state index in [9.17, 15) is 9.59 Å². The van der Waals surface area contributed by atoms with Crippen LogP contribution in [-0.2, 0) is 11.8 Å². The Kier molecular flexibility index (Phi) is 4.94. The van der Waals surface area contributed by atoms with Gasteiger partial charge < -0.3 is 10.0 Å². The lowest BCUT2D eigenvalue weighted by atomic mass is 10.2. The van der Waals surface area contributed by atoms with Crippen LogP contribution in [0.2, 0.25) is 5.02 Å². The second-order valence-electron chi connectivity index (χ2n) is 4.61. The maximum Gasteiger partial charge on any atom is 0.305 e. The highest BCUT2D eigenvalue weighted by Gasteiger charge is 2.25. The summed E-state index contributed by atoms with van der Waals surface area (Å²) in [7, 11) is 1.70. The van der Waals surface area contributed by atoms with Crippen LogP contribution in [0.3, 0.4) is 0 Å². The number of aliphatic carboxylic acids is 1.